The number of carbonyl (C=O) groups excluding carboxylic acids is 1. The monoisotopic (exact) mass is 386 g/mol. The van der Waals surface area contributed by atoms with Gasteiger partial charge in [0.25, 0.3) is 15.9 Å². The quantitative estimate of drug-likeness (QED) is 0.682. The molecule has 0 bridgehead atoms. The van der Waals surface area contributed by atoms with E-state index in [9.17, 15) is 13.2 Å². The van der Waals surface area contributed by atoms with Crippen LogP contribution in [-0.2, 0) is 10.0 Å². The highest BCUT2D eigenvalue weighted by Crippen LogP contribution is 2.21. The predicted octanol–water partition coefficient (Wildman–Crippen LogP) is 4.39. The first-order valence-corrected chi connectivity index (χ1v) is 9.55. The Labute approximate surface area is 156 Å². The second-order valence-electron chi connectivity index (χ2n) is 5.46. The van der Waals surface area contributed by atoms with Crippen LogP contribution in [0.2, 0.25) is 5.02 Å². The smallest absolute Gasteiger partial charge is 0.261 e. The highest BCUT2D eigenvalue weighted by atomic mass is 35.5. The van der Waals surface area contributed by atoms with Crippen molar-refractivity contribution >= 4 is 38.9 Å². The van der Waals surface area contributed by atoms with Gasteiger partial charge in [-0.1, -0.05) is 35.9 Å². The second kappa shape index (κ2) is 7.59. The summed E-state index contributed by atoms with van der Waals surface area (Å²) in [5.41, 5.74) is 1.27. The van der Waals surface area contributed by atoms with E-state index in [0.717, 1.165) is 0 Å². The summed E-state index contributed by atoms with van der Waals surface area (Å²) in [6, 6.07) is 21.1. The van der Waals surface area contributed by atoms with Gasteiger partial charge in [0.2, 0.25) is 0 Å². The molecule has 2 N–H and O–H groups in total. The zero-order valence-electron chi connectivity index (χ0n) is 13.5. The van der Waals surface area contributed by atoms with E-state index in [-0.39, 0.29) is 10.8 Å². The van der Waals surface area contributed by atoms with Crippen molar-refractivity contribution in [2.45, 2.75) is 4.90 Å². The number of carbonyl (C=O) groups is 1. The molecule has 132 valence electrons. The van der Waals surface area contributed by atoms with Crippen LogP contribution in [0.25, 0.3) is 0 Å². The molecule has 0 aromatic heterocycles. The molecule has 0 heterocycles. The minimum atomic E-state index is -3.79. The third kappa shape index (κ3) is 4.41. The Balaban J connectivity index is 1.79. The molecule has 0 spiro atoms. The zero-order valence-corrected chi connectivity index (χ0v) is 15.1. The Morgan fingerprint density at radius 2 is 1.50 bits per heavy atom. The van der Waals surface area contributed by atoms with Gasteiger partial charge in [-0.15, -0.1) is 0 Å². The minimum absolute atomic E-state index is 0.0401. The number of sulfonamides is 1. The van der Waals surface area contributed by atoms with Gasteiger partial charge in [-0.2, -0.15) is 0 Å². The zero-order chi connectivity index (χ0) is 18.6. The van der Waals surface area contributed by atoms with Gasteiger partial charge in [-0.3, -0.25) is 9.52 Å². The van der Waals surface area contributed by atoms with Crippen molar-refractivity contribution < 1.29 is 13.2 Å². The molecule has 7 heteroatoms. The Hall–Kier alpha value is -2.83. The van der Waals surface area contributed by atoms with Gasteiger partial charge in [-0.25, -0.2) is 8.42 Å². The van der Waals surface area contributed by atoms with E-state index in [1.54, 1.807) is 60.7 Å². The van der Waals surface area contributed by atoms with Crippen LogP contribution in [0.4, 0.5) is 11.4 Å². The van der Waals surface area contributed by atoms with Crippen molar-refractivity contribution in [1.29, 1.82) is 0 Å². The van der Waals surface area contributed by atoms with E-state index >= 15 is 0 Å². The minimum Gasteiger partial charge on any atom is -0.322 e. The maximum atomic E-state index is 12.5. The lowest BCUT2D eigenvalue weighted by molar-refractivity contribution is 0.102. The molecule has 5 nitrogen and oxygen atoms in total. The molecule has 0 aliphatic carbocycles. The van der Waals surface area contributed by atoms with Gasteiger partial charge in [0, 0.05) is 22.0 Å². The molecule has 26 heavy (non-hydrogen) atoms. The van der Waals surface area contributed by atoms with E-state index < -0.39 is 10.0 Å². The molecule has 1 amide bonds. The molecule has 0 saturated carbocycles. The van der Waals surface area contributed by atoms with Gasteiger partial charge >= 0.3 is 0 Å². The normalized spacial score (nSPS) is 11.0. The molecule has 0 saturated heterocycles. The number of hydrogen-bond acceptors (Lipinski definition) is 3. The van der Waals surface area contributed by atoms with Crippen LogP contribution in [0.15, 0.2) is 83.8 Å². The highest BCUT2D eigenvalue weighted by Gasteiger charge is 2.15. The van der Waals surface area contributed by atoms with E-state index in [4.69, 9.17) is 11.6 Å². The first kappa shape index (κ1) is 18.0. The van der Waals surface area contributed by atoms with E-state index in [1.165, 1.54) is 12.1 Å². The topological polar surface area (TPSA) is 75.3 Å². The fourth-order valence-corrected chi connectivity index (χ4v) is 3.50. The molecular formula is C19H15ClN2O3S. The maximum Gasteiger partial charge on any atom is 0.261 e. The summed E-state index contributed by atoms with van der Waals surface area (Å²) in [5.74, 6) is -0.314. The summed E-state index contributed by atoms with van der Waals surface area (Å²) in [7, 11) is -3.79. The number of nitrogens with one attached hydrogen (secondary N) is 2. The molecule has 0 unspecified atom stereocenters. The summed E-state index contributed by atoms with van der Waals surface area (Å²) >= 11 is 5.80. The van der Waals surface area contributed by atoms with Crippen molar-refractivity contribution in [2.24, 2.45) is 0 Å². The summed E-state index contributed by atoms with van der Waals surface area (Å²) in [6.07, 6.45) is 0. The molecule has 0 aliphatic heterocycles. The molecule has 0 aliphatic rings. The average Bonchev–Trinajstić information content (AvgIpc) is 2.64. The number of halogens is 1. The lowest BCUT2D eigenvalue weighted by atomic mass is 10.2. The predicted molar refractivity (Wildman–Crippen MR) is 103 cm³/mol. The van der Waals surface area contributed by atoms with Crippen molar-refractivity contribution in [3.05, 3.63) is 89.4 Å². The molecule has 3 aromatic rings. The second-order valence-corrected chi connectivity index (χ2v) is 7.58. The maximum absolute atomic E-state index is 12.5. The van der Waals surface area contributed by atoms with E-state index in [0.29, 0.717) is 22.0 Å². The number of rotatable bonds is 5. The first-order valence-electron chi connectivity index (χ1n) is 7.69. The molecular weight excluding hydrogens is 372 g/mol. The van der Waals surface area contributed by atoms with Gasteiger partial charge in [0.05, 0.1) is 4.90 Å². The summed E-state index contributed by atoms with van der Waals surface area (Å²) in [5, 5.41) is 3.21. The van der Waals surface area contributed by atoms with Gasteiger partial charge < -0.3 is 5.32 Å². The van der Waals surface area contributed by atoms with Gasteiger partial charge in [-0.05, 0) is 54.6 Å². The summed E-state index contributed by atoms with van der Waals surface area (Å²) in [6.45, 7) is 0. The van der Waals surface area contributed by atoms with Crippen LogP contribution in [0.1, 0.15) is 10.4 Å². The number of benzene rings is 3. The van der Waals surface area contributed by atoms with Crippen molar-refractivity contribution in [3.63, 3.8) is 0 Å². The summed E-state index contributed by atoms with van der Waals surface area (Å²) < 4.78 is 27.6. The van der Waals surface area contributed by atoms with Crippen molar-refractivity contribution in [1.82, 2.24) is 0 Å². The van der Waals surface area contributed by atoms with Crippen LogP contribution in [0.5, 0.6) is 0 Å². The Morgan fingerprint density at radius 3 is 2.19 bits per heavy atom. The van der Waals surface area contributed by atoms with Crippen LogP contribution in [0.3, 0.4) is 0 Å². The van der Waals surface area contributed by atoms with Crippen LogP contribution in [-0.4, -0.2) is 14.3 Å². The molecule has 0 radical (unpaired) electrons. The fraction of sp³-hybridized carbons (Fsp3) is 0. The van der Waals surface area contributed by atoms with Crippen molar-refractivity contribution in [2.75, 3.05) is 10.0 Å². The fourth-order valence-electron chi connectivity index (χ4n) is 2.27. The lowest BCUT2D eigenvalue weighted by Crippen LogP contribution is -2.15. The Morgan fingerprint density at radius 1 is 0.808 bits per heavy atom. The molecule has 3 rings (SSSR count). The van der Waals surface area contributed by atoms with Gasteiger partial charge in [0.1, 0.15) is 0 Å². The third-order valence-electron chi connectivity index (χ3n) is 3.53. The third-order valence-corrected chi connectivity index (χ3v) is 5.17. The average molecular weight is 387 g/mol. The standard InChI is InChI=1S/C19H15ClN2O3S/c20-15-9-11-16(12-10-15)22-26(24,25)18-8-4-7-17(13-18)21-19(23)14-5-2-1-3-6-14/h1-13,22H,(H,21,23). The largest absolute Gasteiger partial charge is 0.322 e. The van der Waals surface area contributed by atoms with Crippen LogP contribution >= 0.6 is 11.6 Å². The summed E-state index contributed by atoms with van der Waals surface area (Å²) in [4.78, 5) is 12.2. The van der Waals surface area contributed by atoms with Crippen LogP contribution < -0.4 is 10.0 Å². The molecule has 0 atom stereocenters. The van der Waals surface area contributed by atoms with Crippen molar-refractivity contribution in [3.8, 4) is 0 Å². The Bertz CT molecular complexity index is 1020. The number of anilines is 2. The molecule has 0 fully saturated rings. The van der Waals surface area contributed by atoms with Gasteiger partial charge in [0.15, 0.2) is 0 Å². The number of amides is 1. The lowest BCUT2D eigenvalue weighted by Gasteiger charge is -2.10. The van der Waals surface area contributed by atoms with Crippen LogP contribution in [0, 0.1) is 0 Å². The Kier molecular flexibility index (Phi) is 5.25. The van der Waals surface area contributed by atoms with E-state index in [1.807, 2.05) is 6.07 Å². The highest BCUT2D eigenvalue weighted by molar-refractivity contribution is 7.92. The molecule has 3 aromatic carbocycles. The number of hydrogen-bond donors (Lipinski definition) is 2. The first-order chi connectivity index (χ1) is 12.4. The van der Waals surface area contributed by atoms with E-state index in [2.05, 4.69) is 10.0 Å². The SMILES string of the molecule is O=C(Nc1cccc(S(=O)(=O)Nc2ccc(Cl)cc2)c1)c1ccccc1.